The van der Waals surface area contributed by atoms with Crippen LogP contribution in [0.15, 0.2) is 29.0 Å². The summed E-state index contributed by atoms with van der Waals surface area (Å²) in [5.74, 6) is 2.30. The number of rotatable bonds is 3. The molecule has 5 heteroatoms. The van der Waals surface area contributed by atoms with Gasteiger partial charge in [-0.15, -0.1) is 0 Å². The van der Waals surface area contributed by atoms with E-state index in [1.165, 1.54) is 6.42 Å². The number of carbonyl (C=O) groups excluding carboxylic acids is 1. The van der Waals surface area contributed by atoms with Crippen molar-refractivity contribution in [2.75, 3.05) is 0 Å². The van der Waals surface area contributed by atoms with Crippen molar-refractivity contribution in [1.82, 2.24) is 15.1 Å². The number of nitrogens with one attached hydrogen (secondary N) is 1. The van der Waals surface area contributed by atoms with Gasteiger partial charge in [0, 0.05) is 19.3 Å². The first-order valence-corrected chi connectivity index (χ1v) is 7.09. The van der Waals surface area contributed by atoms with Gasteiger partial charge in [-0.25, -0.2) is 0 Å². The molecular weight excluding hydrogens is 254 g/mol. The van der Waals surface area contributed by atoms with E-state index in [0.29, 0.717) is 23.1 Å². The Morgan fingerprint density at radius 3 is 2.90 bits per heavy atom. The first kappa shape index (κ1) is 11.8. The maximum absolute atomic E-state index is 12.4. The first-order valence-electron chi connectivity index (χ1n) is 7.09. The summed E-state index contributed by atoms with van der Waals surface area (Å²) >= 11 is 0. The van der Waals surface area contributed by atoms with Gasteiger partial charge in [0.05, 0.1) is 11.8 Å². The first-order chi connectivity index (χ1) is 9.70. The second kappa shape index (κ2) is 4.23. The molecule has 0 radical (unpaired) electrons. The fraction of sp³-hybridized carbons (Fsp3) is 0.467. The van der Waals surface area contributed by atoms with Gasteiger partial charge in [-0.05, 0) is 43.2 Å². The van der Waals surface area contributed by atoms with E-state index in [-0.39, 0.29) is 5.91 Å². The van der Waals surface area contributed by atoms with Gasteiger partial charge in [-0.2, -0.15) is 5.10 Å². The van der Waals surface area contributed by atoms with E-state index in [2.05, 4.69) is 10.4 Å². The van der Waals surface area contributed by atoms with Crippen molar-refractivity contribution in [3.05, 3.63) is 30.2 Å². The molecule has 2 aliphatic carbocycles. The molecule has 0 spiro atoms. The third-order valence-corrected chi connectivity index (χ3v) is 4.41. The molecule has 0 bridgehead atoms. The molecule has 2 aromatic rings. The van der Waals surface area contributed by atoms with Crippen LogP contribution in [0.1, 0.15) is 29.6 Å². The molecule has 2 aromatic heterocycles. The van der Waals surface area contributed by atoms with Crippen molar-refractivity contribution in [2.24, 2.45) is 18.9 Å². The summed E-state index contributed by atoms with van der Waals surface area (Å²) in [5, 5.41) is 7.47. The summed E-state index contributed by atoms with van der Waals surface area (Å²) < 4.78 is 7.01. The van der Waals surface area contributed by atoms with Gasteiger partial charge in [0.15, 0.2) is 5.76 Å². The Morgan fingerprint density at radius 1 is 1.40 bits per heavy atom. The van der Waals surface area contributed by atoms with Gasteiger partial charge in [0.1, 0.15) is 5.69 Å². The van der Waals surface area contributed by atoms with Crippen LogP contribution in [0.2, 0.25) is 0 Å². The molecule has 2 unspecified atom stereocenters. The number of carbonyl (C=O) groups is 1. The molecule has 2 aliphatic rings. The van der Waals surface area contributed by atoms with E-state index < -0.39 is 0 Å². The lowest BCUT2D eigenvalue weighted by Crippen LogP contribution is -2.33. The summed E-state index contributed by atoms with van der Waals surface area (Å²) in [4.78, 5) is 12.4. The lowest BCUT2D eigenvalue weighted by atomic mass is 10.1. The molecule has 1 N–H and O–H groups in total. The Labute approximate surface area is 117 Å². The number of nitrogens with zero attached hydrogens (tertiary/aromatic N) is 2. The van der Waals surface area contributed by atoms with E-state index in [1.54, 1.807) is 23.2 Å². The molecule has 20 heavy (non-hydrogen) atoms. The summed E-state index contributed by atoms with van der Waals surface area (Å²) in [7, 11) is 1.81. The van der Waals surface area contributed by atoms with Gasteiger partial charge < -0.3 is 9.73 Å². The van der Waals surface area contributed by atoms with Crippen LogP contribution < -0.4 is 5.32 Å². The standard InChI is InChI=1S/C15H17N3O2/c1-18-8-12(14(17-18)13-3-2-4-20-13)15(19)16-11-6-9-5-10(9)7-11/h2-4,8-11H,5-7H2,1H3,(H,16,19). The maximum Gasteiger partial charge on any atom is 0.255 e. The van der Waals surface area contributed by atoms with Gasteiger partial charge >= 0.3 is 0 Å². The Kier molecular flexibility index (Phi) is 2.49. The highest BCUT2D eigenvalue weighted by molar-refractivity contribution is 5.99. The number of furan rings is 1. The molecule has 0 aliphatic heterocycles. The molecular formula is C15H17N3O2. The zero-order valence-corrected chi connectivity index (χ0v) is 11.4. The Morgan fingerprint density at radius 2 is 2.20 bits per heavy atom. The van der Waals surface area contributed by atoms with Crippen LogP contribution in [0.4, 0.5) is 0 Å². The molecule has 1 amide bonds. The average molecular weight is 271 g/mol. The molecule has 2 saturated carbocycles. The zero-order chi connectivity index (χ0) is 13.7. The van der Waals surface area contributed by atoms with Gasteiger partial charge in [0.25, 0.3) is 5.91 Å². The predicted molar refractivity (Wildman–Crippen MR) is 73.0 cm³/mol. The number of amides is 1. The highest BCUT2D eigenvalue weighted by Gasteiger charge is 2.46. The predicted octanol–water partition coefficient (Wildman–Crippen LogP) is 2.21. The molecule has 0 aromatic carbocycles. The molecule has 2 atom stereocenters. The molecule has 0 saturated heterocycles. The summed E-state index contributed by atoms with van der Waals surface area (Å²) in [6, 6.07) is 3.95. The quantitative estimate of drug-likeness (QED) is 0.931. The third-order valence-electron chi connectivity index (χ3n) is 4.41. The number of aryl methyl sites for hydroxylation is 1. The number of hydrogen-bond acceptors (Lipinski definition) is 3. The molecule has 4 rings (SSSR count). The van der Waals surface area contributed by atoms with E-state index in [4.69, 9.17) is 4.42 Å². The van der Waals surface area contributed by atoms with Crippen molar-refractivity contribution in [3.63, 3.8) is 0 Å². The van der Waals surface area contributed by atoms with Crippen LogP contribution in [0.5, 0.6) is 0 Å². The van der Waals surface area contributed by atoms with Crippen LogP contribution in [-0.2, 0) is 7.05 Å². The van der Waals surface area contributed by atoms with Crippen LogP contribution in [0, 0.1) is 11.8 Å². The summed E-state index contributed by atoms with van der Waals surface area (Å²) in [6.07, 6.45) is 6.97. The SMILES string of the molecule is Cn1cc(C(=O)NC2CC3CC3C2)c(-c2ccco2)n1. The van der Waals surface area contributed by atoms with Crippen molar-refractivity contribution in [3.8, 4) is 11.5 Å². The van der Waals surface area contributed by atoms with Gasteiger partial charge in [-0.1, -0.05) is 0 Å². The molecule has 5 nitrogen and oxygen atoms in total. The Bertz CT molecular complexity index is 634. The van der Waals surface area contributed by atoms with E-state index in [1.807, 2.05) is 13.1 Å². The van der Waals surface area contributed by atoms with Crippen molar-refractivity contribution in [1.29, 1.82) is 0 Å². The fourth-order valence-electron chi connectivity index (χ4n) is 3.35. The molecule has 104 valence electrons. The normalized spacial score (nSPS) is 27.4. The van der Waals surface area contributed by atoms with E-state index >= 15 is 0 Å². The van der Waals surface area contributed by atoms with Crippen LogP contribution in [0.25, 0.3) is 11.5 Å². The smallest absolute Gasteiger partial charge is 0.255 e. The number of fused-ring (bicyclic) bond motifs is 1. The van der Waals surface area contributed by atoms with Crippen molar-refractivity contribution >= 4 is 5.91 Å². The van der Waals surface area contributed by atoms with E-state index in [9.17, 15) is 4.79 Å². The highest BCUT2D eigenvalue weighted by atomic mass is 16.3. The van der Waals surface area contributed by atoms with Gasteiger partial charge in [0.2, 0.25) is 0 Å². The van der Waals surface area contributed by atoms with E-state index in [0.717, 1.165) is 24.7 Å². The summed E-state index contributed by atoms with van der Waals surface area (Å²) in [5.41, 5.74) is 1.20. The third kappa shape index (κ3) is 1.94. The second-order valence-electron chi connectivity index (χ2n) is 5.94. The minimum Gasteiger partial charge on any atom is -0.463 e. The van der Waals surface area contributed by atoms with Crippen LogP contribution in [-0.4, -0.2) is 21.7 Å². The van der Waals surface area contributed by atoms with Crippen LogP contribution in [0.3, 0.4) is 0 Å². The zero-order valence-electron chi connectivity index (χ0n) is 11.4. The molecule has 2 fully saturated rings. The average Bonchev–Trinajstić information content (AvgIpc) is 2.88. The van der Waals surface area contributed by atoms with Crippen molar-refractivity contribution < 1.29 is 9.21 Å². The minimum atomic E-state index is -0.0456. The van der Waals surface area contributed by atoms with Crippen LogP contribution >= 0.6 is 0 Å². The second-order valence-corrected chi connectivity index (χ2v) is 5.94. The number of aromatic nitrogens is 2. The maximum atomic E-state index is 12.4. The lowest BCUT2D eigenvalue weighted by molar-refractivity contribution is 0.0936. The highest BCUT2D eigenvalue weighted by Crippen LogP contribution is 2.51. The topological polar surface area (TPSA) is 60.1 Å². The van der Waals surface area contributed by atoms with Crippen molar-refractivity contribution in [2.45, 2.75) is 25.3 Å². The van der Waals surface area contributed by atoms with Gasteiger partial charge in [-0.3, -0.25) is 9.48 Å². The monoisotopic (exact) mass is 271 g/mol. The molecule has 2 heterocycles. The minimum absolute atomic E-state index is 0.0456. The Balaban J connectivity index is 1.56. The largest absolute Gasteiger partial charge is 0.463 e. The number of hydrogen-bond donors (Lipinski definition) is 1. The lowest BCUT2D eigenvalue weighted by Gasteiger charge is -2.13. The fourth-order valence-corrected chi connectivity index (χ4v) is 3.35. The Hall–Kier alpha value is -2.04. The summed E-state index contributed by atoms with van der Waals surface area (Å²) in [6.45, 7) is 0.